The Morgan fingerprint density at radius 2 is 2.50 bits per heavy atom. The zero-order valence-corrected chi connectivity index (χ0v) is 3.19. The van der Waals surface area contributed by atoms with Gasteiger partial charge in [-0.25, -0.2) is 0 Å². The minimum atomic E-state index is 0.0799. The van der Waals surface area contributed by atoms with Crippen molar-refractivity contribution in [3.8, 4) is 0 Å². The number of hydrogen-bond donors (Lipinski definition) is 0. The monoisotopic (exact) mass is 92.0 g/mol. The van der Waals surface area contributed by atoms with Crippen molar-refractivity contribution in [1.29, 1.82) is 0 Å². The molecule has 36 valence electrons. The van der Waals surface area contributed by atoms with E-state index in [1.54, 1.807) is 0 Å². The van der Waals surface area contributed by atoms with E-state index in [1.165, 1.54) is 6.08 Å². The van der Waals surface area contributed by atoms with Gasteiger partial charge in [0.1, 0.15) is 6.61 Å². The summed E-state index contributed by atoms with van der Waals surface area (Å²) in [5.74, 6) is 0. The quantitative estimate of drug-likeness (QED) is 0.224. The normalized spacial score (nSPS) is 8.17. The van der Waals surface area contributed by atoms with Crippen LogP contribution in [-0.4, -0.2) is 6.61 Å². The van der Waals surface area contributed by atoms with E-state index in [0.29, 0.717) is 0 Å². The van der Waals surface area contributed by atoms with E-state index in [1.807, 2.05) is 0 Å². The first kappa shape index (κ1) is 5.59. The molecule has 0 heterocycles. The lowest BCUT2D eigenvalue weighted by molar-refractivity contribution is -0.424. The van der Waals surface area contributed by atoms with Gasteiger partial charge >= 0.3 is 0 Å². The summed E-state index contributed by atoms with van der Waals surface area (Å²) in [6.07, 6.45) is 1.37. The second kappa shape index (κ2) is 4.59. The zero-order chi connectivity index (χ0) is 4.83. The molecule has 0 aromatic carbocycles. The fourth-order valence-corrected chi connectivity index (χ4v) is 0.0738. The van der Waals surface area contributed by atoms with Gasteiger partial charge in [0.15, 0.2) is 0 Å². The van der Waals surface area contributed by atoms with Gasteiger partial charge < -0.3 is 0 Å². The molecule has 0 unspecified atom stereocenters. The number of rotatable bonds is 3. The van der Waals surface area contributed by atoms with E-state index in [9.17, 15) is 4.53 Å². The fraction of sp³-hybridized carbons (Fsp3) is 0.333. The Morgan fingerprint density at radius 3 is 2.67 bits per heavy atom. The van der Waals surface area contributed by atoms with Gasteiger partial charge in [0.2, 0.25) is 0 Å². The Morgan fingerprint density at radius 1 is 1.83 bits per heavy atom. The summed E-state index contributed by atoms with van der Waals surface area (Å²) in [5.41, 5.74) is 0. The van der Waals surface area contributed by atoms with Gasteiger partial charge in [-0.2, -0.15) is 4.89 Å². The highest BCUT2D eigenvalue weighted by Gasteiger charge is 1.72. The van der Waals surface area contributed by atoms with E-state index >= 15 is 0 Å². The molecule has 0 amide bonds. The fourth-order valence-electron chi connectivity index (χ4n) is 0.0738. The molecule has 0 radical (unpaired) electrons. The van der Waals surface area contributed by atoms with Crippen molar-refractivity contribution in [2.24, 2.45) is 0 Å². The van der Waals surface area contributed by atoms with Crippen LogP contribution in [-0.2, 0) is 9.98 Å². The van der Waals surface area contributed by atoms with Crippen LogP contribution in [0.3, 0.4) is 0 Å². The Hall–Kier alpha value is -0.410. The second-order valence-electron chi connectivity index (χ2n) is 0.636. The topological polar surface area (TPSA) is 18.5 Å². The van der Waals surface area contributed by atoms with Crippen LogP contribution in [0.15, 0.2) is 12.7 Å². The Kier molecular flexibility index (Phi) is 4.28. The molecule has 0 aliphatic rings. The third-order valence-electron chi connectivity index (χ3n) is 0.230. The van der Waals surface area contributed by atoms with Crippen molar-refractivity contribution < 1.29 is 14.5 Å². The summed E-state index contributed by atoms with van der Waals surface area (Å²) in [6, 6.07) is 0. The maximum atomic E-state index is 10.4. The molecule has 0 aliphatic carbocycles. The molecular weight excluding hydrogens is 87.0 g/mol. The van der Waals surface area contributed by atoms with Crippen LogP contribution < -0.4 is 0 Å². The van der Waals surface area contributed by atoms with Gasteiger partial charge in [-0.1, -0.05) is 6.08 Å². The van der Waals surface area contributed by atoms with Crippen LogP contribution >= 0.6 is 0 Å². The van der Waals surface area contributed by atoms with Crippen molar-refractivity contribution in [3.63, 3.8) is 0 Å². The maximum Gasteiger partial charge on any atom is 0.104 e. The maximum absolute atomic E-state index is 10.4. The average molecular weight is 92.1 g/mol. The van der Waals surface area contributed by atoms with Crippen LogP contribution in [0.1, 0.15) is 0 Å². The lowest BCUT2D eigenvalue weighted by Crippen LogP contribution is -1.81. The second-order valence-corrected chi connectivity index (χ2v) is 0.636. The largest absolute Gasteiger partial charge is 0.198 e. The van der Waals surface area contributed by atoms with Crippen molar-refractivity contribution >= 4 is 0 Å². The summed E-state index contributed by atoms with van der Waals surface area (Å²) in [5, 5.41) is 2.71. The standard InChI is InChI=1S/C3H5FO2/c1-2-3-5-6-4/h2H,1,3H2. The first-order chi connectivity index (χ1) is 2.91. The summed E-state index contributed by atoms with van der Waals surface area (Å²) in [4.78, 5) is 3.70. The third kappa shape index (κ3) is 3.59. The number of halogens is 1. The smallest absolute Gasteiger partial charge is 0.104 e. The molecule has 0 saturated carbocycles. The van der Waals surface area contributed by atoms with Crippen LogP contribution in [0.25, 0.3) is 0 Å². The van der Waals surface area contributed by atoms with Crippen molar-refractivity contribution in [1.82, 2.24) is 0 Å². The molecule has 0 spiro atoms. The molecule has 3 heteroatoms. The molecular formula is C3H5FO2. The Labute approximate surface area is 35.0 Å². The third-order valence-corrected chi connectivity index (χ3v) is 0.230. The van der Waals surface area contributed by atoms with Gasteiger partial charge in [-0.15, -0.1) is 6.58 Å². The molecule has 0 bridgehead atoms. The SMILES string of the molecule is C=CCOOF. The first-order valence-electron chi connectivity index (χ1n) is 1.43. The average Bonchev–Trinajstić information content (AvgIpc) is 1.61. The molecule has 0 atom stereocenters. The highest BCUT2D eigenvalue weighted by atomic mass is 19.3. The Balaban J connectivity index is 2.49. The van der Waals surface area contributed by atoms with E-state index < -0.39 is 0 Å². The van der Waals surface area contributed by atoms with Gasteiger partial charge in [0, 0.05) is 0 Å². The molecule has 0 aromatic heterocycles. The van der Waals surface area contributed by atoms with Crippen molar-refractivity contribution in [2.75, 3.05) is 6.61 Å². The van der Waals surface area contributed by atoms with Crippen LogP contribution in [0.2, 0.25) is 0 Å². The molecule has 0 N–H and O–H groups in total. The minimum absolute atomic E-state index is 0.0799. The molecule has 6 heavy (non-hydrogen) atoms. The van der Waals surface area contributed by atoms with Crippen molar-refractivity contribution in [3.05, 3.63) is 12.7 Å². The van der Waals surface area contributed by atoms with Gasteiger partial charge in [-0.05, 0) is 9.62 Å². The highest BCUT2D eigenvalue weighted by molar-refractivity contribution is 4.61. The molecule has 0 rings (SSSR count). The number of hydrogen-bond acceptors (Lipinski definition) is 2. The highest BCUT2D eigenvalue weighted by Crippen LogP contribution is 1.75. The minimum Gasteiger partial charge on any atom is -0.198 e. The summed E-state index contributed by atoms with van der Waals surface area (Å²) in [7, 11) is 0. The lowest BCUT2D eigenvalue weighted by Gasteiger charge is -1.81. The summed E-state index contributed by atoms with van der Waals surface area (Å²) in [6.45, 7) is 3.31. The zero-order valence-electron chi connectivity index (χ0n) is 3.19. The van der Waals surface area contributed by atoms with Crippen LogP contribution in [0.4, 0.5) is 4.53 Å². The predicted molar refractivity (Wildman–Crippen MR) is 18.3 cm³/mol. The lowest BCUT2D eigenvalue weighted by atomic mass is 10.7. The molecule has 0 fully saturated rings. The van der Waals surface area contributed by atoms with E-state index in [0.717, 1.165) is 0 Å². The molecule has 0 saturated heterocycles. The van der Waals surface area contributed by atoms with Crippen LogP contribution in [0.5, 0.6) is 0 Å². The predicted octanol–water partition coefficient (Wildman–Crippen LogP) is 1.01. The van der Waals surface area contributed by atoms with Gasteiger partial charge in [0.25, 0.3) is 0 Å². The Bertz CT molecular complexity index is 37.8. The first-order valence-corrected chi connectivity index (χ1v) is 1.43. The van der Waals surface area contributed by atoms with Crippen molar-refractivity contribution in [2.45, 2.75) is 0 Å². The summed E-state index contributed by atoms with van der Waals surface area (Å²) >= 11 is 0. The molecule has 0 aromatic rings. The van der Waals surface area contributed by atoms with Gasteiger partial charge in [0.05, 0.1) is 0 Å². The van der Waals surface area contributed by atoms with Crippen LogP contribution in [0, 0.1) is 0 Å². The molecule has 2 nitrogen and oxygen atoms in total. The van der Waals surface area contributed by atoms with Gasteiger partial charge in [-0.3, -0.25) is 0 Å². The van der Waals surface area contributed by atoms with E-state index in [4.69, 9.17) is 0 Å². The van der Waals surface area contributed by atoms with E-state index in [2.05, 4.69) is 16.6 Å². The van der Waals surface area contributed by atoms with E-state index in [-0.39, 0.29) is 6.61 Å². The molecule has 0 aliphatic heterocycles. The summed E-state index contributed by atoms with van der Waals surface area (Å²) < 4.78 is 10.4.